The van der Waals surface area contributed by atoms with Crippen LogP contribution in [-0.4, -0.2) is 56.8 Å². The molecule has 38 heavy (non-hydrogen) atoms. The molecule has 4 bridgehead atoms. The fourth-order valence-corrected chi connectivity index (χ4v) is 10.7. The molecule has 2 aliphatic heterocycles. The summed E-state index contributed by atoms with van der Waals surface area (Å²) in [5.74, 6) is 1.31. The van der Waals surface area contributed by atoms with Gasteiger partial charge in [-0.05, 0) is 136 Å². The molecule has 8 atom stereocenters. The van der Waals surface area contributed by atoms with Crippen LogP contribution >= 0.6 is 0 Å². The first-order valence-electron chi connectivity index (χ1n) is 14.8. The summed E-state index contributed by atoms with van der Waals surface area (Å²) in [6, 6.07) is 11.6. The highest BCUT2D eigenvalue weighted by Crippen LogP contribution is 2.63. The van der Waals surface area contributed by atoms with Crippen molar-refractivity contribution in [2.45, 2.75) is 98.3 Å². The number of aliphatic hydroxyl groups is 2. The molecule has 2 saturated heterocycles. The van der Waals surface area contributed by atoms with Crippen LogP contribution < -0.4 is 10.6 Å². The summed E-state index contributed by atoms with van der Waals surface area (Å²) in [5, 5.41) is 53.2. The van der Waals surface area contributed by atoms with Gasteiger partial charge in [0.2, 0.25) is 0 Å². The molecule has 0 spiro atoms. The number of benzene rings is 2. The van der Waals surface area contributed by atoms with Crippen LogP contribution in [0.1, 0.15) is 73.6 Å². The summed E-state index contributed by atoms with van der Waals surface area (Å²) in [5.41, 5.74) is 2.56. The zero-order valence-corrected chi connectivity index (χ0v) is 22.0. The second-order valence-corrected chi connectivity index (χ2v) is 13.6. The van der Waals surface area contributed by atoms with Crippen LogP contribution in [0, 0.1) is 11.8 Å². The van der Waals surface area contributed by atoms with Crippen molar-refractivity contribution in [3.8, 4) is 11.5 Å². The minimum absolute atomic E-state index is 0.0275. The Bertz CT molecular complexity index is 1210. The van der Waals surface area contributed by atoms with E-state index < -0.39 is 11.2 Å². The molecule has 6 heteroatoms. The van der Waals surface area contributed by atoms with Crippen LogP contribution in [0.5, 0.6) is 11.5 Å². The van der Waals surface area contributed by atoms with E-state index in [9.17, 15) is 20.4 Å². The van der Waals surface area contributed by atoms with Gasteiger partial charge in [0, 0.05) is 22.9 Å². The number of hydrogen-bond acceptors (Lipinski definition) is 6. The van der Waals surface area contributed by atoms with E-state index >= 15 is 0 Å². The third-order valence-corrected chi connectivity index (χ3v) is 12.5. The van der Waals surface area contributed by atoms with Crippen molar-refractivity contribution in [1.29, 1.82) is 0 Å². The number of aromatic hydroxyl groups is 2. The van der Waals surface area contributed by atoms with Crippen LogP contribution in [0.25, 0.3) is 0 Å². The van der Waals surface area contributed by atoms with Crippen molar-refractivity contribution in [3.05, 3.63) is 58.7 Å². The van der Waals surface area contributed by atoms with Crippen LogP contribution in [0.15, 0.2) is 36.4 Å². The van der Waals surface area contributed by atoms with Gasteiger partial charge in [-0.2, -0.15) is 0 Å². The SMILES string of the molecule is Oc1ccc2c(c1)[C@]13CCN[C@H](C2)[C@]1(O)CC(C1CC[C@]24CCN[C@H](Cc5ccc(O)cc52)[C@]4(O)C1)CC3. The molecule has 2 aromatic carbocycles. The van der Waals surface area contributed by atoms with Gasteiger partial charge in [0.1, 0.15) is 11.5 Å². The Hall–Kier alpha value is -2.12. The fourth-order valence-electron chi connectivity index (χ4n) is 10.7. The van der Waals surface area contributed by atoms with Gasteiger partial charge >= 0.3 is 0 Å². The van der Waals surface area contributed by atoms with Gasteiger partial charge in [-0.25, -0.2) is 0 Å². The van der Waals surface area contributed by atoms with Gasteiger partial charge in [0.15, 0.2) is 0 Å². The highest BCUT2D eigenvalue weighted by Gasteiger charge is 2.66. The van der Waals surface area contributed by atoms with E-state index in [2.05, 4.69) is 22.8 Å². The molecule has 6 nitrogen and oxygen atoms in total. The Kier molecular flexibility index (Phi) is 4.84. The summed E-state index contributed by atoms with van der Waals surface area (Å²) in [4.78, 5) is 0. The highest BCUT2D eigenvalue weighted by molar-refractivity contribution is 5.50. The summed E-state index contributed by atoms with van der Waals surface area (Å²) in [7, 11) is 0. The Balaban J connectivity index is 1.13. The third-order valence-electron chi connectivity index (χ3n) is 12.5. The molecule has 6 N–H and O–H groups in total. The molecule has 2 saturated carbocycles. The van der Waals surface area contributed by atoms with E-state index in [1.54, 1.807) is 12.1 Å². The minimum Gasteiger partial charge on any atom is -0.508 e. The molecule has 2 aromatic rings. The largest absolute Gasteiger partial charge is 0.508 e. The molecule has 8 rings (SSSR count). The van der Waals surface area contributed by atoms with E-state index in [-0.39, 0.29) is 22.9 Å². The second-order valence-electron chi connectivity index (χ2n) is 13.6. The zero-order valence-electron chi connectivity index (χ0n) is 22.0. The quantitative estimate of drug-likeness (QED) is 0.348. The van der Waals surface area contributed by atoms with Crippen molar-refractivity contribution in [2.75, 3.05) is 13.1 Å². The Morgan fingerprint density at radius 1 is 0.632 bits per heavy atom. The van der Waals surface area contributed by atoms with E-state index in [1.165, 1.54) is 22.3 Å². The predicted molar refractivity (Wildman–Crippen MR) is 144 cm³/mol. The number of rotatable bonds is 1. The van der Waals surface area contributed by atoms with E-state index in [4.69, 9.17) is 0 Å². The standard InChI is InChI=1S/C32H40N2O4/c35-23-3-1-19-13-27-31(37)17-21(5-7-29(31,9-11-33-27)25(19)15-23)22-6-8-30-10-12-34-28(32(30,38)18-22)14-20-2-4-24(36)16-26(20)30/h1-4,15-16,21-22,27-28,33-38H,5-14,17-18H2/t21?,22?,27-,28-,29+,30+,31-,32-/m1/s1. The summed E-state index contributed by atoms with van der Waals surface area (Å²) < 4.78 is 0. The van der Waals surface area contributed by atoms with Crippen LogP contribution in [0.2, 0.25) is 0 Å². The van der Waals surface area contributed by atoms with E-state index in [0.29, 0.717) is 23.3 Å². The molecule has 0 radical (unpaired) electrons. The summed E-state index contributed by atoms with van der Waals surface area (Å²) in [6.07, 6.45) is 8.85. The maximum Gasteiger partial charge on any atom is 0.115 e. The van der Waals surface area contributed by atoms with E-state index in [0.717, 1.165) is 77.3 Å². The van der Waals surface area contributed by atoms with Crippen molar-refractivity contribution in [1.82, 2.24) is 10.6 Å². The van der Waals surface area contributed by atoms with Crippen molar-refractivity contribution >= 4 is 0 Å². The number of phenols is 2. The summed E-state index contributed by atoms with van der Waals surface area (Å²) >= 11 is 0. The lowest BCUT2D eigenvalue weighted by Crippen LogP contribution is -2.74. The van der Waals surface area contributed by atoms with Gasteiger partial charge in [0.25, 0.3) is 0 Å². The average Bonchev–Trinajstić information content (AvgIpc) is 2.88. The van der Waals surface area contributed by atoms with Crippen molar-refractivity contribution in [2.24, 2.45) is 11.8 Å². The Labute approximate surface area is 224 Å². The number of phenolic OH excluding ortho intramolecular Hbond substituents is 2. The normalized spacial score (nSPS) is 44.8. The lowest BCUT2D eigenvalue weighted by molar-refractivity contribution is -0.169. The number of fused-ring (bicyclic) bond motifs is 2. The van der Waals surface area contributed by atoms with Crippen molar-refractivity contribution in [3.63, 3.8) is 0 Å². The molecule has 0 aromatic heterocycles. The smallest absolute Gasteiger partial charge is 0.115 e. The first kappa shape index (κ1) is 23.7. The molecule has 202 valence electrons. The molecule has 2 heterocycles. The van der Waals surface area contributed by atoms with Gasteiger partial charge < -0.3 is 31.1 Å². The molecule has 2 unspecified atom stereocenters. The fraction of sp³-hybridized carbons (Fsp3) is 0.625. The van der Waals surface area contributed by atoms with Gasteiger partial charge in [-0.3, -0.25) is 0 Å². The Morgan fingerprint density at radius 2 is 1.08 bits per heavy atom. The van der Waals surface area contributed by atoms with Crippen LogP contribution in [-0.2, 0) is 23.7 Å². The zero-order chi connectivity index (χ0) is 25.9. The summed E-state index contributed by atoms with van der Waals surface area (Å²) in [6.45, 7) is 1.80. The first-order valence-corrected chi connectivity index (χ1v) is 14.8. The average molecular weight is 517 g/mol. The predicted octanol–water partition coefficient (Wildman–Crippen LogP) is 3.17. The molecule has 4 fully saturated rings. The molecular formula is C32H40N2O4. The maximum absolute atomic E-state index is 12.6. The van der Waals surface area contributed by atoms with Crippen LogP contribution in [0.4, 0.5) is 0 Å². The van der Waals surface area contributed by atoms with E-state index in [1.807, 2.05) is 12.1 Å². The van der Waals surface area contributed by atoms with Gasteiger partial charge in [-0.1, -0.05) is 12.1 Å². The minimum atomic E-state index is -0.841. The first-order chi connectivity index (χ1) is 18.3. The Morgan fingerprint density at radius 3 is 1.53 bits per heavy atom. The monoisotopic (exact) mass is 516 g/mol. The number of nitrogens with one attached hydrogen (secondary N) is 2. The van der Waals surface area contributed by atoms with Gasteiger partial charge in [0.05, 0.1) is 11.2 Å². The molecule has 4 aliphatic carbocycles. The second kappa shape index (κ2) is 7.75. The highest BCUT2D eigenvalue weighted by atomic mass is 16.3. The third kappa shape index (κ3) is 2.82. The molecule has 0 amide bonds. The number of piperidine rings is 2. The lowest BCUT2D eigenvalue weighted by atomic mass is 9.44. The molecular weight excluding hydrogens is 476 g/mol. The maximum atomic E-state index is 12.6. The topological polar surface area (TPSA) is 105 Å². The number of hydrogen-bond donors (Lipinski definition) is 6. The van der Waals surface area contributed by atoms with Crippen molar-refractivity contribution < 1.29 is 20.4 Å². The van der Waals surface area contributed by atoms with Gasteiger partial charge in [-0.15, -0.1) is 0 Å². The molecule has 6 aliphatic rings. The lowest BCUT2D eigenvalue weighted by Gasteiger charge is -2.65. The van der Waals surface area contributed by atoms with Crippen LogP contribution in [0.3, 0.4) is 0 Å².